The molecular weight excluding hydrogens is 437 g/mol. The topological polar surface area (TPSA) is 103 Å². The van der Waals surface area contributed by atoms with Crippen LogP contribution in [0.1, 0.15) is 60.0 Å². The van der Waals surface area contributed by atoms with Gasteiger partial charge in [0.15, 0.2) is 0 Å². The van der Waals surface area contributed by atoms with Gasteiger partial charge in [-0.15, -0.1) is 0 Å². The fourth-order valence-corrected chi connectivity index (χ4v) is 3.50. The lowest BCUT2D eigenvalue weighted by Gasteiger charge is -2.35. The second-order valence-corrected chi connectivity index (χ2v) is 7.85. The molecule has 2 aromatic heterocycles. The Labute approximate surface area is 181 Å². The van der Waals surface area contributed by atoms with E-state index in [1.54, 1.807) is 6.92 Å². The summed E-state index contributed by atoms with van der Waals surface area (Å²) in [5, 5.41) is 6.45. The maximum Gasteiger partial charge on any atom is 0.420 e. The third-order valence-electron chi connectivity index (χ3n) is 4.79. The van der Waals surface area contributed by atoms with Crippen molar-refractivity contribution >= 4 is 18.0 Å². The molecular formula is C20H24F5N5O2. The Kier molecular flexibility index (Phi) is 7.58. The molecule has 7 nitrogen and oxygen atoms in total. The van der Waals surface area contributed by atoms with Crippen molar-refractivity contribution in [3.8, 4) is 0 Å². The predicted octanol–water partition coefficient (Wildman–Crippen LogP) is 4.13. The van der Waals surface area contributed by atoms with E-state index in [2.05, 4.69) is 21.1 Å². The summed E-state index contributed by atoms with van der Waals surface area (Å²) in [6.45, 7) is 4.57. The Hall–Kier alpha value is -3.05. The van der Waals surface area contributed by atoms with Gasteiger partial charge in [0.25, 0.3) is 5.91 Å². The highest BCUT2D eigenvalue weighted by Gasteiger charge is 2.47. The zero-order chi connectivity index (χ0) is 24.3. The third-order valence-corrected chi connectivity index (χ3v) is 4.79. The normalized spacial score (nSPS) is 15.5. The number of primary amides is 1. The number of hydrogen-bond donors (Lipinski definition) is 2. The molecule has 1 aliphatic carbocycles. The molecule has 3 N–H and O–H groups in total. The number of carbonyl (C=O) groups excluding carboxylic acids is 2. The zero-order valence-electron chi connectivity index (χ0n) is 17.7. The molecule has 3 rings (SSSR count). The summed E-state index contributed by atoms with van der Waals surface area (Å²) in [5.41, 5.74) is 2.96. The fraction of sp³-hybridized carbons (Fsp3) is 0.500. The third kappa shape index (κ3) is 6.01. The maximum absolute atomic E-state index is 13.8. The van der Waals surface area contributed by atoms with Crippen LogP contribution < -0.4 is 11.1 Å². The molecule has 0 atom stereocenters. The molecule has 1 saturated carbocycles. The van der Waals surface area contributed by atoms with Crippen molar-refractivity contribution in [3.63, 3.8) is 0 Å². The van der Waals surface area contributed by atoms with Crippen molar-refractivity contribution in [2.45, 2.75) is 58.2 Å². The van der Waals surface area contributed by atoms with E-state index in [1.807, 2.05) is 0 Å². The van der Waals surface area contributed by atoms with Gasteiger partial charge >= 0.3 is 6.18 Å². The Morgan fingerprint density at radius 1 is 1.38 bits per heavy atom. The van der Waals surface area contributed by atoms with Gasteiger partial charge < -0.3 is 11.1 Å². The van der Waals surface area contributed by atoms with Crippen LogP contribution in [0.25, 0.3) is 0 Å². The van der Waals surface area contributed by atoms with Crippen molar-refractivity contribution in [2.75, 3.05) is 5.32 Å². The van der Waals surface area contributed by atoms with Crippen LogP contribution in [0, 0.1) is 12.8 Å². The number of aromatic nitrogens is 3. The van der Waals surface area contributed by atoms with Crippen LogP contribution in [0.4, 0.5) is 27.6 Å². The van der Waals surface area contributed by atoms with E-state index in [4.69, 9.17) is 4.79 Å². The minimum atomic E-state index is -4.82. The van der Waals surface area contributed by atoms with Gasteiger partial charge in [-0.2, -0.15) is 18.3 Å². The summed E-state index contributed by atoms with van der Waals surface area (Å²) >= 11 is 0. The quantitative estimate of drug-likeness (QED) is 0.516. The molecule has 2 aromatic rings. The first kappa shape index (κ1) is 25.2. The second-order valence-electron chi connectivity index (χ2n) is 7.85. The molecule has 1 aliphatic rings. The summed E-state index contributed by atoms with van der Waals surface area (Å²) in [7, 11) is 0. The molecule has 0 spiro atoms. The number of nitrogens with two attached hydrogens (primary N) is 1. The van der Waals surface area contributed by atoms with E-state index in [0.29, 0.717) is 5.69 Å². The van der Waals surface area contributed by atoms with Crippen LogP contribution in [0.2, 0.25) is 0 Å². The SMILES string of the molecule is Cc1cc(NC(=O)c2c(C(F)(F)F)c(C(C)C)nn2CC2CC(F)(F)C2)ccn1.NC=O. The van der Waals surface area contributed by atoms with Gasteiger partial charge in [-0.3, -0.25) is 19.3 Å². The predicted molar refractivity (Wildman–Crippen MR) is 106 cm³/mol. The monoisotopic (exact) mass is 461 g/mol. The van der Waals surface area contributed by atoms with Crippen LogP contribution >= 0.6 is 0 Å². The summed E-state index contributed by atoms with van der Waals surface area (Å²) in [4.78, 5) is 25.4. The summed E-state index contributed by atoms with van der Waals surface area (Å²) in [6.07, 6.45) is -4.02. The molecule has 32 heavy (non-hydrogen) atoms. The van der Waals surface area contributed by atoms with Crippen molar-refractivity contribution in [1.82, 2.24) is 14.8 Å². The lowest BCUT2D eigenvalue weighted by molar-refractivity contribution is -0.139. The van der Waals surface area contributed by atoms with Crippen molar-refractivity contribution in [1.29, 1.82) is 0 Å². The summed E-state index contributed by atoms with van der Waals surface area (Å²) in [6, 6.07) is 2.97. The molecule has 0 unspecified atom stereocenters. The minimum Gasteiger partial charge on any atom is -0.372 e. The number of rotatable bonds is 5. The van der Waals surface area contributed by atoms with Crippen molar-refractivity contribution < 1.29 is 31.5 Å². The van der Waals surface area contributed by atoms with Gasteiger partial charge in [0.05, 0.1) is 5.69 Å². The molecule has 0 aromatic carbocycles. The first-order valence-electron chi connectivity index (χ1n) is 9.74. The maximum atomic E-state index is 13.8. The van der Waals surface area contributed by atoms with Crippen LogP contribution in [-0.4, -0.2) is 33.0 Å². The Morgan fingerprint density at radius 3 is 2.44 bits per heavy atom. The number of carbonyl (C=O) groups is 2. The van der Waals surface area contributed by atoms with Gasteiger partial charge in [-0.05, 0) is 30.9 Å². The number of alkyl halides is 5. The molecule has 0 bridgehead atoms. The van der Waals surface area contributed by atoms with Gasteiger partial charge in [0, 0.05) is 37.0 Å². The molecule has 2 amide bonds. The number of aryl methyl sites for hydroxylation is 1. The summed E-state index contributed by atoms with van der Waals surface area (Å²) < 4.78 is 68.8. The van der Waals surface area contributed by atoms with Crippen LogP contribution in [0.15, 0.2) is 18.3 Å². The zero-order valence-corrected chi connectivity index (χ0v) is 17.7. The number of amides is 2. The van der Waals surface area contributed by atoms with Crippen LogP contribution in [0.3, 0.4) is 0 Å². The number of nitrogens with one attached hydrogen (secondary N) is 1. The highest BCUT2D eigenvalue weighted by atomic mass is 19.4. The lowest BCUT2D eigenvalue weighted by Crippen LogP contribution is -2.38. The average Bonchev–Trinajstić information content (AvgIpc) is 3.01. The highest BCUT2D eigenvalue weighted by Crippen LogP contribution is 2.44. The molecule has 0 saturated heterocycles. The number of nitrogens with zero attached hydrogens (tertiary/aromatic N) is 3. The number of anilines is 1. The summed E-state index contributed by atoms with van der Waals surface area (Å²) in [5.74, 6) is -4.96. The highest BCUT2D eigenvalue weighted by molar-refractivity contribution is 6.04. The van der Waals surface area contributed by atoms with E-state index < -0.39 is 53.9 Å². The van der Waals surface area contributed by atoms with Crippen LogP contribution in [0.5, 0.6) is 0 Å². The van der Waals surface area contributed by atoms with E-state index in [0.717, 1.165) is 4.68 Å². The van der Waals surface area contributed by atoms with Gasteiger partial charge in [-0.1, -0.05) is 13.8 Å². The largest absolute Gasteiger partial charge is 0.420 e. The first-order chi connectivity index (χ1) is 14.8. The fourth-order valence-electron chi connectivity index (χ4n) is 3.50. The standard InChI is InChI=1S/C19H21F5N4O.CH3NO/c1-10(2)15-14(19(22,23)24)16(17(29)26-13-4-5-25-11(3)6-13)28(27-15)9-12-7-18(20,21)8-12;2-1-3/h4-6,10,12H,7-9H2,1-3H3,(H,25,26,29);1H,(H2,2,3). The molecule has 2 heterocycles. The van der Waals surface area contributed by atoms with Gasteiger partial charge in [-0.25, -0.2) is 8.78 Å². The minimum absolute atomic E-state index is 0.177. The molecule has 176 valence electrons. The van der Waals surface area contributed by atoms with E-state index >= 15 is 0 Å². The van der Waals surface area contributed by atoms with E-state index in [1.165, 1.54) is 32.2 Å². The van der Waals surface area contributed by atoms with Crippen LogP contribution in [-0.2, 0) is 17.5 Å². The molecule has 0 radical (unpaired) electrons. The number of hydrogen-bond acceptors (Lipinski definition) is 4. The Morgan fingerprint density at radius 2 is 1.97 bits per heavy atom. The molecule has 0 aliphatic heterocycles. The Balaban J connectivity index is 0.00000114. The number of pyridine rings is 1. The van der Waals surface area contributed by atoms with Gasteiger partial charge in [0.1, 0.15) is 11.3 Å². The average molecular weight is 461 g/mol. The lowest BCUT2D eigenvalue weighted by atomic mass is 9.81. The smallest absolute Gasteiger partial charge is 0.372 e. The van der Waals surface area contributed by atoms with E-state index in [-0.39, 0.29) is 24.3 Å². The number of halogens is 5. The molecule has 12 heteroatoms. The first-order valence-corrected chi connectivity index (χ1v) is 9.74. The second kappa shape index (κ2) is 9.61. The van der Waals surface area contributed by atoms with Crippen molar-refractivity contribution in [3.05, 3.63) is 41.0 Å². The van der Waals surface area contributed by atoms with E-state index in [9.17, 15) is 26.7 Å². The Bertz CT molecular complexity index is 964. The van der Waals surface area contributed by atoms with Crippen molar-refractivity contribution in [2.24, 2.45) is 11.7 Å². The molecule has 1 fully saturated rings. The van der Waals surface area contributed by atoms with Gasteiger partial charge in [0.2, 0.25) is 12.3 Å².